The number of likely N-dealkylation sites (tertiary alicyclic amines) is 1. The molecule has 1 aliphatic heterocycles. The lowest BCUT2D eigenvalue weighted by Crippen LogP contribution is -2.30. The molecular formula is C10H17NO. The first kappa shape index (κ1) is 8.09. The van der Waals surface area contributed by atoms with Crippen LogP contribution in [-0.2, 0) is 4.79 Å². The van der Waals surface area contributed by atoms with Crippen molar-refractivity contribution in [1.29, 1.82) is 0 Å². The Morgan fingerprint density at radius 1 is 1.42 bits per heavy atom. The Morgan fingerprint density at radius 3 is 2.50 bits per heavy atom. The summed E-state index contributed by atoms with van der Waals surface area (Å²) in [6, 6.07) is 0. The van der Waals surface area contributed by atoms with Crippen molar-refractivity contribution in [3.05, 3.63) is 0 Å². The van der Waals surface area contributed by atoms with Crippen LogP contribution in [0.3, 0.4) is 0 Å². The first-order valence-electron chi connectivity index (χ1n) is 4.97. The van der Waals surface area contributed by atoms with Gasteiger partial charge < -0.3 is 4.90 Å². The summed E-state index contributed by atoms with van der Waals surface area (Å²) in [4.78, 5) is 13.7. The number of rotatable bonds is 1. The van der Waals surface area contributed by atoms with Gasteiger partial charge in [-0.15, -0.1) is 0 Å². The fourth-order valence-corrected chi connectivity index (χ4v) is 2.04. The van der Waals surface area contributed by atoms with E-state index in [4.69, 9.17) is 0 Å². The molecule has 0 N–H and O–H groups in total. The Kier molecular flexibility index (Phi) is 1.85. The molecule has 0 aromatic heterocycles. The van der Waals surface area contributed by atoms with Gasteiger partial charge in [-0.1, -0.05) is 13.8 Å². The molecule has 0 aromatic rings. The molecule has 1 saturated carbocycles. The van der Waals surface area contributed by atoms with E-state index in [9.17, 15) is 4.79 Å². The van der Waals surface area contributed by atoms with Crippen molar-refractivity contribution in [1.82, 2.24) is 4.90 Å². The first-order chi connectivity index (χ1) is 5.68. The first-order valence-corrected chi connectivity index (χ1v) is 4.97. The maximum absolute atomic E-state index is 11.7. The largest absolute Gasteiger partial charge is 0.342 e. The summed E-state index contributed by atoms with van der Waals surface area (Å²) in [6.45, 7) is 6.40. The fraction of sp³-hybridized carbons (Fsp3) is 0.900. The second kappa shape index (κ2) is 2.75. The molecule has 2 fully saturated rings. The summed E-state index contributed by atoms with van der Waals surface area (Å²) in [6.07, 6.45) is 2.33. The molecule has 68 valence electrons. The predicted molar refractivity (Wildman–Crippen MR) is 47.6 cm³/mol. The van der Waals surface area contributed by atoms with Crippen molar-refractivity contribution in [2.24, 2.45) is 17.8 Å². The maximum Gasteiger partial charge on any atom is 0.225 e. The summed E-state index contributed by atoms with van der Waals surface area (Å²) < 4.78 is 0. The summed E-state index contributed by atoms with van der Waals surface area (Å²) >= 11 is 0. The van der Waals surface area contributed by atoms with Crippen molar-refractivity contribution >= 4 is 5.91 Å². The summed E-state index contributed by atoms with van der Waals surface area (Å²) in [5, 5.41) is 0. The summed E-state index contributed by atoms with van der Waals surface area (Å²) in [5.74, 6) is 2.19. The number of carbonyl (C=O) groups excluding carboxylic acids is 1. The van der Waals surface area contributed by atoms with E-state index < -0.39 is 0 Å². The quantitative estimate of drug-likeness (QED) is 0.579. The summed E-state index contributed by atoms with van der Waals surface area (Å²) in [7, 11) is 0. The zero-order chi connectivity index (χ0) is 8.72. The minimum absolute atomic E-state index is 0.385. The van der Waals surface area contributed by atoms with Gasteiger partial charge in [0.05, 0.1) is 0 Å². The molecular weight excluding hydrogens is 150 g/mol. The third kappa shape index (κ3) is 1.35. The molecule has 3 unspecified atom stereocenters. The number of carbonyl (C=O) groups is 1. The molecule has 1 amide bonds. The normalized spacial score (nSPS) is 40.2. The molecule has 2 aliphatic rings. The zero-order valence-corrected chi connectivity index (χ0v) is 7.92. The van der Waals surface area contributed by atoms with E-state index in [-0.39, 0.29) is 0 Å². The van der Waals surface area contributed by atoms with Gasteiger partial charge in [-0.2, -0.15) is 0 Å². The molecule has 1 saturated heterocycles. The predicted octanol–water partition coefficient (Wildman–Crippen LogP) is 1.51. The highest BCUT2D eigenvalue weighted by Crippen LogP contribution is 2.39. The Morgan fingerprint density at radius 2 is 2.08 bits per heavy atom. The van der Waals surface area contributed by atoms with Crippen LogP contribution in [-0.4, -0.2) is 23.9 Å². The van der Waals surface area contributed by atoms with Gasteiger partial charge in [-0.25, -0.2) is 0 Å². The molecule has 3 atom stereocenters. The number of hydrogen-bond acceptors (Lipinski definition) is 1. The lowest BCUT2D eigenvalue weighted by atomic mass is 10.2. The molecule has 0 bridgehead atoms. The van der Waals surface area contributed by atoms with Gasteiger partial charge in [0.1, 0.15) is 0 Å². The number of nitrogens with zero attached hydrogens (tertiary/aromatic N) is 1. The van der Waals surface area contributed by atoms with Gasteiger partial charge >= 0.3 is 0 Å². The van der Waals surface area contributed by atoms with Crippen LogP contribution in [0.25, 0.3) is 0 Å². The second-order valence-electron chi connectivity index (χ2n) is 4.50. The lowest BCUT2D eigenvalue weighted by molar-refractivity contribution is -0.131. The topological polar surface area (TPSA) is 20.3 Å². The third-order valence-corrected chi connectivity index (χ3v) is 3.16. The van der Waals surface area contributed by atoms with Crippen LogP contribution in [0.4, 0.5) is 0 Å². The summed E-state index contributed by atoms with van der Waals surface area (Å²) in [5.41, 5.74) is 0. The van der Waals surface area contributed by atoms with Crippen LogP contribution >= 0.6 is 0 Å². The smallest absolute Gasteiger partial charge is 0.225 e. The van der Waals surface area contributed by atoms with E-state index in [1.165, 1.54) is 6.42 Å². The maximum atomic E-state index is 11.7. The van der Waals surface area contributed by atoms with E-state index in [0.29, 0.717) is 17.7 Å². The van der Waals surface area contributed by atoms with Gasteiger partial charge in [-0.3, -0.25) is 4.79 Å². The molecule has 0 spiro atoms. The molecule has 2 heteroatoms. The van der Waals surface area contributed by atoms with Crippen LogP contribution in [0.1, 0.15) is 26.7 Å². The second-order valence-corrected chi connectivity index (χ2v) is 4.50. The van der Waals surface area contributed by atoms with Crippen molar-refractivity contribution in [3.8, 4) is 0 Å². The van der Waals surface area contributed by atoms with Gasteiger partial charge in [0.25, 0.3) is 0 Å². The average Bonchev–Trinajstić information content (AvgIpc) is 2.58. The Bertz CT molecular complexity index is 202. The van der Waals surface area contributed by atoms with Gasteiger partial charge in [-0.05, 0) is 24.7 Å². The van der Waals surface area contributed by atoms with E-state index in [0.717, 1.165) is 25.4 Å². The van der Waals surface area contributed by atoms with E-state index >= 15 is 0 Å². The van der Waals surface area contributed by atoms with Crippen LogP contribution in [0.2, 0.25) is 0 Å². The van der Waals surface area contributed by atoms with Gasteiger partial charge in [0.2, 0.25) is 5.91 Å². The average molecular weight is 167 g/mol. The van der Waals surface area contributed by atoms with Crippen LogP contribution < -0.4 is 0 Å². The molecule has 0 radical (unpaired) electrons. The van der Waals surface area contributed by atoms with Crippen LogP contribution in [0, 0.1) is 17.8 Å². The molecule has 0 aromatic carbocycles. The standard InChI is InChI=1S/C10H17NO/c1-7-3-4-11(6-7)10(12)9-5-8(9)2/h7-9H,3-6H2,1-2H3. The third-order valence-electron chi connectivity index (χ3n) is 3.16. The van der Waals surface area contributed by atoms with Crippen molar-refractivity contribution in [2.45, 2.75) is 26.7 Å². The molecule has 1 heterocycles. The Labute approximate surface area is 73.9 Å². The highest BCUT2D eigenvalue weighted by atomic mass is 16.2. The SMILES string of the molecule is CC1CCN(C(=O)C2CC2C)C1. The van der Waals surface area contributed by atoms with E-state index in [1.54, 1.807) is 0 Å². The number of hydrogen-bond donors (Lipinski definition) is 0. The van der Waals surface area contributed by atoms with Gasteiger partial charge in [0.15, 0.2) is 0 Å². The zero-order valence-electron chi connectivity index (χ0n) is 7.92. The van der Waals surface area contributed by atoms with E-state index in [2.05, 4.69) is 18.7 Å². The monoisotopic (exact) mass is 167 g/mol. The highest BCUT2D eigenvalue weighted by Gasteiger charge is 2.42. The molecule has 1 aliphatic carbocycles. The number of amides is 1. The molecule has 12 heavy (non-hydrogen) atoms. The molecule has 2 nitrogen and oxygen atoms in total. The van der Waals surface area contributed by atoms with E-state index in [1.807, 2.05) is 0 Å². The van der Waals surface area contributed by atoms with Crippen LogP contribution in [0.15, 0.2) is 0 Å². The van der Waals surface area contributed by atoms with Crippen LogP contribution in [0.5, 0.6) is 0 Å². The molecule has 2 rings (SSSR count). The van der Waals surface area contributed by atoms with Gasteiger partial charge in [0, 0.05) is 19.0 Å². The van der Waals surface area contributed by atoms with Crippen molar-refractivity contribution < 1.29 is 4.79 Å². The fourth-order valence-electron chi connectivity index (χ4n) is 2.04. The van der Waals surface area contributed by atoms with Crippen molar-refractivity contribution in [3.63, 3.8) is 0 Å². The Hall–Kier alpha value is -0.530. The minimum atomic E-state index is 0.385. The highest BCUT2D eigenvalue weighted by molar-refractivity contribution is 5.81. The van der Waals surface area contributed by atoms with Crippen molar-refractivity contribution in [2.75, 3.05) is 13.1 Å². The lowest BCUT2D eigenvalue weighted by Gasteiger charge is -2.15. The Balaban J connectivity index is 1.89. The minimum Gasteiger partial charge on any atom is -0.342 e.